The minimum Gasteiger partial charge on any atom is -0.496 e. The van der Waals surface area contributed by atoms with Crippen LogP contribution >= 0.6 is 22.3 Å². The Kier molecular flexibility index (Phi) is 4.10. The van der Waals surface area contributed by atoms with E-state index in [9.17, 15) is 8.42 Å². The Labute approximate surface area is 105 Å². The quantitative estimate of drug-likeness (QED) is 0.801. The van der Waals surface area contributed by atoms with Crippen molar-refractivity contribution < 1.29 is 13.2 Å². The molecule has 0 atom stereocenters. The molecule has 0 saturated heterocycles. The highest BCUT2D eigenvalue weighted by Gasteiger charge is 2.17. The van der Waals surface area contributed by atoms with Crippen molar-refractivity contribution in [3.8, 4) is 5.75 Å². The Balaban J connectivity index is 3.39. The molecule has 1 rings (SSSR count). The number of ether oxygens (including phenoxy) is 1. The van der Waals surface area contributed by atoms with Gasteiger partial charge in [-0.3, -0.25) is 0 Å². The van der Waals surface area contributed by atoms with Crippen molar-refractivity contribution in [1.82, 2.24) is 0 Å². The number of hydrogen-bond acceptors (Lipinski definition) is 3. The first-order valence-corrected chi connectivity index (χ1v) is 7.36. The molecule has 0 aliphatic heterocycles. The standard InChI is InChI=1S/C10H12Cl2O3S/c1-6-4-8(5-16(12,13)14)10(15-3)7(2)9(6)11/h4H,5H2,1-3H3. The highest BCUT2D eigenvalue weighted by Crippen LogP contribution is 2.33. The molecule has 0 aromatic heterocycles. The molecule has 90 valence electrons. The number of rotatable bonds is 3. The van der Waals surface area contributed by atoms with Gasteiger partial charge in [-0.25, -0.2) is 8.42 Å². The van der Waals surface area contributed by atoms with Gasteiger partial charge in [0.2, 0.25) is 9.05 Å². The van der Waals surface area contributed by atoms with E-state index in [0.29, 0.717) is 16.3 Å². The number of aryl methyl sites for hydroxylation is 1. The monoisotopic (exact) mass is 282 g/mol. The second kappa shape index (κ2) is 4.82. The molecule has 0 aliphatic carbocycles. The summed E-state index contributed by atoms with van der Waals surface area (Å²) >= 11 is 6.04. The van der Waals surface area contributed by atoms with E-state index in [1.54, 1.807) is 19.9 Å². The fraction of sp³-hybridized carbons (Fsp3) is 0.400. The molecule has 0 aliphatic rings. The molecular formula is C10H12Cl2O3S. The van der Waals surface area contributed by atoms with Crippen LogP contribution < -0.4 is 4.74 Å². The maximum Gasteiger partial charge on any atom is 0.236 e. The third-order valence-corrected chi connectivity index (χ3v) is 3.80. The summed E-state index contributed by atoms with van der Waals surface area (Å²) in [6, 6.07) is 1.67. The van der Waals surface area contributed by atoms with Gasteiger partial charge in [0.15, 0.2) is 0 Å². The molecule has 16 heavy (non-hydrogen) atoms. The molecule has 0 saturated carbocycles. The molecule has 0 fully saturated rings. The van der Waals surface area contributed by atoms with Crippen molar-refractivity contribution in [1.29, 1.82) is 0 Å². The third-order valence-electron chi connectivity index (χ3n) is 2.23. The van der Waals surface area contributed by atoms with Gasteiger partial charge in [0.1, 0.15) is 5.75 Å². The minimum absolute atomic E-state index is 0.267. The lowest BCUT2D eigenvalue weighted by Crippen LogP contribution is -2.01. The van der Waals surface area contributed by atoms with Gasteiger partial charge in [-0.15, -0.1) is 0 Å². The summed E-state index contributed by atoms with van der Waals surface area (Å²) in [7, 11) is 3.09. The average Bonchev–Trinajstić information content (AvgIpc) is 2.12. The zero-order valence-corrected chi connectivity index (χ0v) is 11.5. The Morgan fingerprint density at radius 1 is 1.38 bits per heavy atom. The van der Waals surface area contributed by atoms with Crippen LogP contribution in [0.5, 0.6) is 5.75 Å². The minimum atomic E-state index is -3.61. The van der Waals surface area contributed by atoms with E-state index in [0.717, 1.165) is 11.1 Å². The van der Waals surface area contributed by atoms with E-state index in [1.165, 1.54) is 7.11 Å². The average molecular weight is 283 g/mol. The van der Waals surface area contributed by atoms with E-state index in [4.69, 9.17) is 27.0 Å². The number of methoxy groups -OCH3 is 1. The molecular weight excluding hydrogens is 271 g/mol. The fourth-order valence-corrected chi connectivity index (χ4v) is 2.68. The van der Waals surface area contributed by atoms with E-state index in [1.807, 2.05) is 0 Å². The largest absolute Gasteiger partial charge is 0.496 e. The van der Waals surface area contributed by atoms with Crippen LogP contribution in [0, 0.1) is 13.8 Å². The highest BCUT2D eigenvalue weighted by molar-refractivity contribution is 8.13. The molecule has 1 aromatic carbocycles. The van der Waals surface area contributed by atoms with Gasteiger partial charge < -0.3 is 4.74 Å². The van der Waals surface area contributed by atoms with Gasteiger partial charge in [0.05, 0.1) is 17.9 Å². The lowest BCUT2D eigenvalue weighted by molar-refractivity contribution is 0.408. The van der Waals surface area contributed by atoms with Crippen molar-refractivity contribution >= 4 is 31.3 Å². The van der Waals surface area contributed by atoms with Crippen molar-refractivity contribution in [3.05, 3.63) is 27.8 Å². The first-order chi connectivity index (χ1) is 7.26. The number of benzene rings is 1. The maximum absolute atomic E-state index is 11.1. The van der Waals surface area contributed by atoms with Gasteiger partial charge in [0.25, 0.3) is 0 Å². The van der Waals surface area contributed by atoms with Crippen LogP contribution in [0.3, 0.4) is 0 Å². The Hall–Kier alpha value is -0.450. The van der Waals surface area contributed by atoms with E-state index >= 15 is 0 Å². The van der Waals surface area contributed by atoms with Crippen LogP contribution in [0.4, 0.5) is 0 Å². The fourth-order valence-electron chi connectivity index (χ4n) is 1.60. The van der Waals surface area contributed by atoms with E-state index < -0.39 is 9.05 Å². The lowest BCUT2D eigenvalue weighted by atomic mass is 10.1. The lowest BCUT2D eigenvalue weighted by Gasteiger charge is -2.13. The Morgan fingerprint density at radius 3 is 2.38 bits per heavy atom. The van der Waals surface area contributed by atoms with Gasteiger partial charge in [-0.1, -0.05) is 11.6 Å². The van der Waals surface area contributed by atoms with Crippen molar-refractivity contribution in [2.75, 3.05) is 7.11 Å². The van der Waals surface area contributed by atoms with Crippen LogP contribution in [0.2, 0.25) is 5.02 Å². The summed E-state index contributed by atoms with van der Waals surface area (Å²) in [5.41, 5.74) is 2.05. The summed E-state index contributed by atoms with van der Waals surface area (Å²) < 4.78 is 27.3. The van der Waals surface area contributed by atoms with Crippen molar-refractivity contribution in [2.24, 2.45) is 0 Å². The summed E-state index contributed by atoms with van der Waals surface area (Å²) in [6.45, 7) is 3.58. The van der Waals surface area contributed by atoms with Crippen molar-refractivity contribution in [2.45, 2.75) is 19.6 Å². The number of halogens is 2. The summed E-state index contributed by atoms with van der Waals surface area (Å²) in [6.07, 6.45) is 0. The SMILES string of the molecule is COc1c(CS(=O)(=O)Cl)cc(C)c(Cl)c1C. The smallest absolute Gasteiger partial charge is 0.236 e. The highest BCUT2D eigenvalue weighted by atomic mass is 35.7. The molecule has 1 aromatic rings. The predicted molar refractivity (Wildman–Crippen MR) is 66.0 cm³/mol. The van der Waals surface area contributed by atoms with E-state index in [-0.39, 0.29) is 5.75 Å². The molecule has 3 nitrogen and oxygen atoms in total. The molecule has 0 spiro atoms. The summed E-state index contributed by atoms with van der Waals surface area (Å²) in [5, 5.41) is 0.576. The third kappa shape index (κ3) is 3.03. The van der Waals surface area contributed by atoms with Crippen LogP contribution in [-0.2, 0) is 14.8 Å². The molecule has 0 heterocycles. The molecule has 0 radical (unpaired) electrons. The van der Waals surface area contributed by atoms with Crippen LogP contribution in [0.25, 0.3) is 0 Å². The first-order valence-electron chi connectivity index (χ1n) is 4.51. The van der Waals surface area contributed by atoms with E-state index in [2.05, 4.69) is 0 Å². The summed E-state index contributed by atoms with van der Waals surface area (Å²) in [4.78, 5) is 0. The van der Waals surface area contributed by atoms with Crippen LogP contribution in [0.1, 0.15) is 16.7 Å². The second-order valence-electron chi connectivity index (χ2n) is 3.51. The second-order valence-corrected chi connectivity index (χ2v) is 6.66. The van der Waals surface area contributed by atoms with Gasteiger partial charge in [-0.2, -0.15) is 0 Å². The topological polar surface area (TPSA) is 43.4 Å². The normalized spacial score (nSPS) is 11.6. The Morgan fingerprint density at radius 2 is 1.94 bits per heavy atom. The maximum atomic E-state index is 11.1. The van der Waals surface area contributed by atoms with Gasteiger partial charge in [-0.05, 0) is 25.5 Å². The van der Waals surface area contributed by atoms with Gasteiger partial charge in [0, 0.05) is 21.8 Å². The van der Waals surface area contributed by atoms with Crippen LogP contribution in [0.15, 0.2) is 6.07 Å². The molecule has 6 heteroatoms. The molecule has 0 amide bonds. The molecule has 0 bridgehead atoms. The number of hydrogen-bond donors (Lipinski definition) is 0. The molecule has 0 unspecified atom stereocenters. The zero-order valence-electron chi connectivity index (χ0n) is 9.17. The predicted octanol–water partition coefficient (Wildman–Crippen LogP) is 3.03. The molecule has 0 N–H and O–H groups in total. The summed E-state index contributed by atoms with van der Waals surface area (Å²) in [5.74, 6) is 0.205. The first kappa shape index (κ1) is 13.6. The Bertz CT molecular complexity index is 509. The van der Waals surface area contributed by atoms with Gasteiger partial charge >= 0.3 is 0 Å². The van der Waals surface area contributed by atoms with Crippen molar-refractivity contribution in [3.63, 3.8) is 0 Å². The van der Waals surface area contributed by atoms with Crippen LogP contribution in [-0.4, -0.2) is 15.5 Å². The zero-order chi connectivity index (χ0) is 12.5.